The average molecular weight is 439 g/mol. The number of unbranched alkanes of at least 4 members (excludes halogenated alkanes) is 2. The summed E-state index contributed by atoms with van der Waals surface area (Å²) in [5.74, 6) is -0.640. The van der Waals surface area contributed by atoms with Crippen LogP contribution < -0.4 is 9.47 Å². The van der Waals surface area contributed by atoms with E-state index in [-0.39, 0.29) is 11.3 Å². The summed E-state index contributed by atoms with van der Waals surface area (Å²) in [5, 5.41) is 11.3. The molecule has 1 aliphatic rings. The van der Waals surface area contributed by atoms with Gasteiger partial charge in [0.1, 0.15) is 23.3 Å². The second-order valence-corrected chi connectivity index (χ2v) is 7.48. The van der Waals surface area contributed by atoms with Gasteiger partial charge in [0.15, 0.2) is 0 Å². The van der Waals surface area contributed by atoms with Crippen molar-refractivity contribution in [3.63, 3.8) is 0 Å². The van der Waals surface area contributed by atoms with Gasteiger partial charge in [-0.2, -0.15) is 0 Å². The zero-order valence-electron chi connectivity index (χ0n) is 18.8. The van der Waals surface area contributed by atoms with Crippen molar-refractivity contribution >= 4 is 17.4 Å². The number of hydrogen-bond donors (Lipinski definition) is 1. The summed E-state index contributed by atoms with van der Waals surface area (Å²) >= 11 is 0. The number of amides is 1. The van der Waals surface area contributed by atoms with Crippen LogP contribution in [0.3, 0.4) is 0 Å². The molecule has 0 radical (unpaired) electrons. The van der Waals surface area contributed by atoms with E-state index >= 15 is 0 Å². The Hall–Kier alpha value is -3.35. The van der Waals surface area contributed by atoms with Crippen LogP contribution in [0.5, 0.6) is 11.5 Å². The average Bonchev–Trinajstić information content (AvgIpc) is 3.05. The molecule has 1 aromatic carbocycles. The molecule has 1 aromatic heterocycles. The maximum Gasteiger partial charge on any atom is 0.295 e. The van der Waals surface area contributed by atoms with Crippen molar-refractivity contribution in [3.8, 4) is 11.5 Å². The summed E-state index contributed by atoms with van der Waals surface area (Å²) < 4.78 is 11.3. The van der Waals surface area contributed by atoms with Crippen molar-refractivity contribution in [3.05, 3.63) is 59.4 Å². The molecule has 3 rings (SSSR count). The highest BCUT2D eigenvalue weighted by atomic mass is 16.5. The van der Waals surface area contributed by atoms with Crippen LogP contribution in [-0.4, -0.2) is 46.4 Å². The Morgan fingerprint density at radius 3 is 2.50 bits per heavy atom. The van der Waals surface area contributed by atoms with E-state index in [1.165, 1.54) is 4.90 Å². The lowest BCUT2D eigenvalue weighted by atomic mass is 9.97. The number of carbonyl (C=O) groups excluding carboxylic acids is 2. The number of hydrogen-bond acceptors (Lipinski definition) is 6. The summed E-state index contributed by atoms with van der Waals surface area (Å²) in [6.07, 6.45) is 4.30. The van der Waals surface area contributed by atoms with Gasteiger partial charge in [-0.05, 0) is 44.5 Å². The molecule has 1 fully saturated rings. The third kappa shape index (κ3) is 4.77. The first-order valence-electron chi connectivity index (χ1n) is 11.1. The molecule has 0 aliphatic carbocycles. The van der Waals surface area contributed by atoms with Crippen LogP contribution in [-0.2, 0) is 9.59 Å². The Labute approximate surface area is 188 Å². The van der Waals surface area contributed by atoms with Crippen LogP contribution in [0.2, 0.25) is 0 Å². The third-order valence-corrected chi connectivity index (χ3v) is 5.33. The first-order chi connectivity index (χ1) is 15.5. The zero-order valence-corrected chi connectivity index (χ0v) is 18.8. The molecule has 1 aliphatic heterocycles. The summed E-state index contributed by atoms with van der Waals surface area (Å²) in [6.45, 7) is 7.05. The molecule has 1 saturated heterocycles. The van der Waals surface area contributed by atoms with E-state index in [1.54, 1.807) is 42.6 Å². The van der Waals surface area contributed by atoms with Crippen LogP contribution in [0.15, 0.2) is 48.2 Å². The van der Waals surface area contributed by atoms with E-state index in [4.69, 9.17) is 9.47 Å². The van der Waals surface area contributed by atoms with Crippen molar-refractivity contribution in [1.82, 2.24) is 9.88 Å². The molecule has 1 N–H and O–H groups in total. The van der Waals surface area contributed by atoms with Gasteiger partial charge in [-0.25, -0.2) is 0 Å². The molecule has 1 unspecified atom stereocenters. The number of aromatic nitrogens is 1. The molecular formula is C25H30N2O5. The van der Waals surface area contributed by atoms with Gasteiger partial charge in [-0.15, -0.1) is 0 Å². The molecule has 170 valence electrons. The van der Waals surface area contributed by atoms with Crippen LogP contribution in [0.25, 0.3) is 5.76 Å². The van der Waals surface area contributed by atoms with Crippen LogP contribution >= 0.6 is 0 Å². The number of aliphatic hydroxyl groups is 1. The van der Waals surface area contributed by atoms with Gasteiger partial charge in [-0.3, -0.25) is 14.6 Å². The second-order valence-electron chi connectivity index (χ2n) is 7.48. The largest absolute Gasteiger partial charge is 0.507 e. The Morgan fingerprint density at radius 1 is 1.06 bits per heavy atom. The minimum Gasteiger partial charge on any atom is -0.507 e. The number of aliphatic hydroxyl groups excluding tert-OH is 1. The second kappa shape index (κ2) is 10.8. The number of likely N-dealkylation sites (tertiary alicyclic amines) is 1. The SMILES string of the molecule is CCCCCN1C(=O)C(=O)/C(=C(\O)c2ccc(OCC)cc2OCC)C1c1ccccn1. The highest BCUT2D eigenvalue weighted by Crippen LogP contribution is 2.41. The van der Waals surface area contributed by atoms with E-state index in [1.807, 2.05) is 13.8 Å². The van der Waals surface area contributed by atoms with Crippen molar-refractivity contribution in [2.75, 3.05) is 19.8 Å². The summed E-state index contributed by atoms with van der Waals surface area (Å²) in [5.41, 5.74) is 0.895. The van der Waals surface area contributed by atoms with Gasteiger partial charge in [-0.1, -0.05) is 25.8 Å². The smallest absolute Gasteiger partial charge is 0.295 e. The number of ether oxygens (including phenoxy) is 2. The molecule has 0 bridgehead atoms. The van der Waals surface area contributed by atoms with E-state index in [9.17, 15) is 14.7 Å². The lowest BCUT2D eigenvalue weighted by Gasteiger charge is -2.24. The van der Waals surface area contributed by atoms with E-state index in [0.717, 1.165) is 19.3 Å². The monoisotopic (exact) mass is 438 g/mol. The molecular weight excluding hydrogens is 408 g/mol. The van der Waals surface area contributed by atoms with E-state index in [0.29, 0.717) is 42.5 Å². The Bertz CT molecular complexity index is 987. The fourth-order valence-electron chi connectivity index (χ4n) is 3.86. The van der Waals surface area contributed by atoms with Crippen LogP contribution in [0, 0.1) is 0 Å². The van der Waals surface area contributed by atoms with Crippen molar-refractivity contribution in [1.29, 1.82) is 0 Å². The minimum absolute atomic E-state index is 0.0234. The molecule has 2 aromatic rings. The maximum atomic E-state index is 13.1. The molecule has 0 spiro atoms. The Morgan fingerprint density at radius 2 is 1.84 bits per heavy atom. The van der Waals surface area contributed by atoms with Gasteiger partial charge in [0.05, 0.1) is 30.0 Å². The van der Waals surface area contributed by atoms with Gasteiger partial charge in [0, 0.05) is 18.8 Å². The number of benzene rings is 1. The standard InChI is InChI=1S/C25H30N2O5/c1-4-7-10-15-27-22(19-11-8-9-14-26-19)21(24(29)25(27)30)23(28)18-13-12-17(31-5-2)16-20(18)32-6-3/h8-9,11-14,16,22,28H,4-7,10,15H2,1-3H3/b23-21-. The van der Waals surface area contributed by atoms with Crippen LogP contribution in [0.4, 0.5) is 0 Å². The first kappa shape index (κ1) is 23.3. The highest BCUT2D eigenvalue weighted by Gasteiger charge is 2.46. The minimum atomic E-state index is -0.755. The lowest BCUT2D eigenvalue weighted by Crippen LogP contribution is -2.31. The van der Waals surface area contributed by atoms with Gasteiger partial charge in [0.2, 0.25) is 0 Å². The predicted octanol–water partition coefficient (Wildman–Crippen LogP) is 4.49. The predicted molar refractivity (Wildman–Crippen MR) is 122 cm³/mol. The van der Waals surface area contributed by atoms with Crippen molar-refractivity contribution in [2.24, 2.45) is 0 Å². The van der Waals surface area contributed by atoms with Gasteiger partial charge >= 0.3 is 0 Å². The Kier molecular flexibility index (Phi) is 7.87. The number of nitrogens with zero attached hydrogens (tertiary/aromatic N) is 2. The summed E-state index contributed by atoms with van der Waals surface area (Å²) in [4.78, 5) is 31.9. The molecule has 0 saturated carbocycles. The zero-order chi connectivity index (χ0) is 23.1. The van der Waals surface area contributed by atoms with Crippen molar-refractivity contribution < 1.29 is 24.2 Å². The molecule has 32 heavy (non-hydrogen) atoms. The normalized spacial score (nSPS) is 17.6. The molecule has 7 heteroatoms. The van der Waals surface area contributed by atoms with Crippen molar-refractivity contribution in [2.45, 2.75) is 46.1 Å². The third-order valence-electron chi connectivity index (χ3n) is 5.33. The molecule has 2 heterocycles. The number of Topliss-reactive ketones (excluding diaryl/α,β-unsaturated/α-hetero) is 1. The fourth-order valence-corrected chi connectivity index (χ4v) is 3.86. The quantitative estimate of drug-likeness (QED) is 0.254. The summed E-state index contributed by atoms with van der Waals surface area (Å²) in [6, 6.07) is 9.60. The number of pyridine rings is 1. The number of ketones is 1. The van der Waals surface area contributed by atoms with Gasteiger partial charge in [0.25, 0.3) is 11.7 Å². The van der Waals surface area contributed by atoms with E-state index < -0.39 is 17.7 Å². The van der Waals surface area contributed by atoms with E-state index in [2.05, 4.69) is 11.9 Å². The first-order valence-corrected chi connectivity index (χ1v) is 11.1. The Balaban J connectivity index is 2.13. The number of carbonyl (C=O) groups is 2. The fraction of sp³-hybridized carbons (Fsp3) is 0.400. The van der Waals surface area contributed by atoms with Crippen LogP contribution in [0.1, 0.15) is 57.3 Å². The summed E-state index contributed by atoms with van der Waals surface area (Å²) in [7, 11) is 0. The highest BCUT2D eigenvalue weighted by molar-refractivity contribution is 6.46. The number of rotatable bonds is 10. The van der Waals surface area contributed by atoms with Gasteiger partial charge < -0.3 is 19.5 Å². The molecule has 7 nitrogen and oxygen atoms in total. The topological polar surface area (TPSA) is 89.0 Å². The lowest BCUT2D eigenvalue weighted by molar-refractivity contribution is -0.140. The molecule has 1 amide bonds. The maximum absolute atomic E-state index is 13.1. The molecule has 1 atom stereocenters.